The SMILES string of the molecule is O=C(O)[C@H](CC1CCCCCC1)N(C/C(=N\O)c1cc(F)cc(F)c1)Cc1ccccc1. The Balaban J connectivity index is 1.88. The topological polar surface area (TPSA) is 73.1 Å². The summed E-state index contributed by atoms with van der Waals surface area (Å²) in [6.07, 6.45) is 7.03. The van der Waals surface area contributed by atoms with Gasteiger partial charge >= 0.3 is 5.97 Å². The average Bonchev–Trinajstić information content (AvgIpc) is 3.03. The Kier molecular flexibility index (Phi) is 8.73. The molecule has 0 spiro atoms. The van der Waals surface area contributed by atoms with Crippen LogP contribution in [-0.2, 0) is 11.3 Å². The van der Waals surface area contributed by atoms with Crippen LogP contribution in [0.4, 0.5) is 8.78 Å². The van der Waals surface area contributed by atoms with Crippen LogP contribution in [0.15, 0.2) is 53.7 Å². The molecule has 1 aliphatic rings. The van der Waals surface area contributed by atoms with Crippen LogP contribution in [0.5, 0.6) is 0 Å². The summed E-state index contributed by atoms with van der Waals surface area (Å²) in [7, 11) is 0. The van der Waals surface area contributed by atoms with E-state index in [1.165, 1.54) is 12.8 Å². The maximum atomic E-state index is 13.8. The molecule has 0 saturated heterocycles. The smallest absolute Gasteiger partial charge is 0.320 e. The first-order valence-corrected chi connectivity index (χ1v) is 11.1. The highest BCUT2D eigenvalue weighted by molar-refractivity contribution is 6.02. The van der Waals surface area contributed by atoms with Gasteiger partial charge in [-0.25, -0.2) is 8.78 Å². The van der Waals surface area contributed by atoms with E-state index < -0.39 is 23.6 Å². The fourth-order valence-corrected chi connectivity index (χ4v) is 4.51. The van der Waals surface area contributed by atoms with Crippen molar-refractivity contribution in [3.63, 3.8) is 0 Å². The Labute approximate surface area is 187 Å². The predicted octanol–water partition coefficient (Wildman–Crippen LogP) is 5.46. The number of benzene rings is 2. The molecule has 3 rings (SSSR count). The number of aliphatic carboxylic acids is 1. The molecule has 2 aromatic carbocycles. The predicted molar refractivity (Wildman–Crippen MR) is 119 cm³/mol. The lowest BCUT2D eigenvalue weighted by Gasteiger charge is -2.31. The molecule has 0 bridgehead atoms. The molecule has 5 nitrogen and oxygen atoms in total. The zero-order chi connectivity index (χ0) is 22.9. The summed E-state index contributed by atoms with van der Waals surface area (Å²) in [6, 6.07) is 11.5. The van der Waals surface area contributed by atoms with Gasteiger partial charge in [-0.3, -0.25) is 9.69 Å². The molecule has 172 valence electrons. The van der Waals surface area contributed by atoms with Gasteiger partial charge in [0.05, 0.1) is 0 Å². The lowest BCUT2D eigenvalue weighted by Crippen LogP contribution is -2.44. The van der Waals surface area contributed by atoms with Crippen molar-refractivity contribution >= 4 is 11.7 Å². The number of hydrogen-bond acceptors (Lipinski definition) is 4. The van der Waals surface area contributed by atoms with Gasteiger partial charge in [0.25, 0.3) is 0 Å². The molecule has 0 unspecified atom stereocenters. The molecule has 1 saturated carbocycles. The quantitative estimate of drug-likeness (QED) is 0.233. The van der Waals surface area contributed by atoms with Crippen molar-refractivity contribution in [3.05, 3.63) is 71.3 Å². The number of hydrogen-bond donors (Lipinski definition) is 2. The first kappa shape index (κ1) is 23.9. The highest BCUT2D eigenvalue weighted by atomic mass is 19.1. The molecule has 1 aliphatic carbocycles. The summed E-state index contributed by atoms with van der Waals surface area (Å²) in [5.41, 5.74) is 1.01. The van der Waals surface area contributed by atoms with Crippen molar-refractivity contribution in [2.24, 2.45) is 11.1 Å². The fraction of sp³-hybridized carbons (Fsp3) is 0.440. The molecule has 2 N–H and O–H groups in total. The Morgan fingerprint density at radius 1 is 1.03 bits per heavy atom. The van der Waals surface area contributed by atoms with Gasteiger partial charge in [-0.2, -0.15) is 0 Å². The molecular formula is C25H30F2N2O3. The first-order valence-electron chi connectivity index (χ1n) is 11.1. The van der Waals surface area contributed by atoms with E-state index in [4.69, 9.17) is 0 Å². The maximum Gasteiger partial charge on any atom is 0.320 e. The van der Waals surface area contributed by atoms with E-state index in [9.17, 15) is 23.9 Å². The van der Waals surface area contributed by atoms with Crippen LogP contribution in [0.1, 0.15) is 56.1 Å². The van der Waals surface area contributed by atoms with Gasteiger partial charge in [-0.1, -0.05) is 74.0 Å². The fourth-order valence-electron chi connectivity index (χ4n) is 4.51. The molecule has 1 atom stereocenters. The number of carboxylic acids is 1. The van der Waals surface area contributed by atoms with Gasteiger partial charge in [-0.05, 0) is 30.0 Å². The van der Waals surface area contributed by atoms with Gasteiger partial charge in [0, 0.05) is 24.7 Å². The van der Waals surface area contributed by atoms with Crippen LogP contribution in [0.3, 0.4) is 0 Å². The second-order valence-corrected chi connectivity index (χ2v) is 8.54. The third-order valence-corrected chi connectivity index (χ3v) is 6.16. The van der Waals surface area contributed by atoms with Gasteiger partial charge in [0.1, 0.15) is 23.4 Å². The van der Waals surface area contributed by atoms with E-state index in [1.54, 1.807) is 4.90 Å². The second-order valence-electron chi connectivity index (χ2n) is 8.54. The molecule has 0 radical (unpaired) electrons. The minimum atomic E-state index is -0.951. The summed E-state index contributed by atoms with van der Waals surface area (Å²) in [6.45, 7) is 0.249. The highest BCUT2D eigenvalue weighted by Gasteiger charge is 2.30. The number of halogens is 2. The number of carbonyl (C=O) groups is 1. The zero-order valence-corrected chi connectivity index (χ0v) is 18.1. The summed E-state index contributed by atoms with van der Waals surface area (Å²) in [4.78, 5) is 14.1. The summed E-state index contributed by atoms with van der Waals surface area (Å²) in [5.74, 6) is -2.22. The van der Waals surface area contributed by atoms with Gasteiger partial charge < -0.3 is 10.3 Å². The summed E-state index contributed by atoms with van der Waals surface area (Å²) < 4.78 is 27.5. The van der Waals surface area contributed by atoms with Crippen molar-refractivity contribution < 1.29 is 23.9 Å². The maximum absolute atomic E-state index is 13.8. The van der Waals surface area contributed by atoms with Crippen LogP contribution in [0.2, 0.25) is 0 Å². The molecule has 0 amide bonds. The number of oxime groups is 1. The van der Waals surface area contributed by atoms with Crippen LogP contribution >= 0.6 is 0 Å². The van der Waals surface area contributed by atoms with E-state index in [0.717, 1.165) is 49.4 Å². The van der Waals surface area contributed by atoms with Crippen molar-refractivity contribution in [2.75, 3.05) is 6.54 Å². The molecule has 1 fully saturated rings. The monoisotopic (exact) mass is 444 g/mol. The van der Waals surface area contributed by atoms with Gasteiger partial charge in [0.15, 0.2) is 0 Å². The summed E-state index contributed by atoms with van der Waals surface area (Å²) in [5, 5.41) is 23.0. The molecule has 0 aliphatic heterocycles. The second kappa shape index (κ2) is 11.7. The minimum absolute atomic E-state index is 0.0199. The van der Waals surface area contributed by atoms with E-state index in [2.05, 4.69) is 5.16 Å². The lowest BCUT2D eigenvalue weighted by atomic mass is 9.91. The van der Waals surface area contributed by atoms with E-state index in [0.29, 0.717) is 18.9 Å². The zero-order valence-electron chi connectivity index (χ0n) is 18.1. The Hall–Kier alpha value is -2.80. The van der Waals surface area contributed by atoms with Crippen LogP contribution in [-0.4, -0.2) is 39.5 Å². The molecular weight excluding hydrogens is 414 g/mol. The minimum Gasteiger partial charge on any atom is -0.480 e. The Morgan fingerprint density at radius 3 is 2.22 bits per heavy atom. The van der Waals surface area contributed by atoms with Crippen LogP contribution in [0, 0.1) is 17.6 Å². The normalized spacial score (nSPS) is 16.7. The average molecular weight is 445 g/mol. The van der Waals surface area contributed by atoms with Crippen molar-refractivity contribution in [3.8, 4) is 0 Å². The first-order chi connectivity index (χ1) is 15.5. The standard InChI is InChI=1S/C25H30F2N2O3/c26-21-13-20(14-22(27)15-21)23(28-32)17-29(16-19-10-6-3-7-11-19)24(25(30)31)12-18-8-4-1-2-5-9-18/h3,6-7,10-11,13-15,18,24,32H,1-2,4-5,8-9,12,16-17H2,(H,30,31)/b28-23+/t24-/m0/s1. The highest BCUT2D eigenvalue weighted by Crippen LogP contribution is 2.28. The number of nitrogens with zero attached hydrogens (tertiary/aromatic N) is 2. The Morgan fingerprint density at radius 2 is 1.66 bits per heavy atom. The number of rotatable bonds is 9. The Bertz CT molecular complexity index is 892. The van der Waals surface area contributed by atoms with Crippen LogP contribution in [0.25, 0.3) is 0 Å². The lowest BCUT2D eigenvalue weighted by molar-refractivity contribution is -0.144. The van der Waals surface area contributed by atoms with Crippen molar-refractivity contribution in [1.29, 1.82) is 0 Å². The molecule has 2 aromatic rings. The van der Waals surface area contributed by atoms with Gasteiger partial charge in [0.2, 0.25) is 0 Å². The summed E-state index contributed by atoms with van der Waals surface area (Å²) >= 11 is 0. The molecule has 0 aromatic heterocycles. The molecule has 7 heteroatoms. The van der Waals surface area contributed by atoms with Crippen LogP contribution < -0.4 is 0 Å². The van der Waals surface area contributed by atoms with E-state index >= 15 is 0 Å². The number of carboxylic acid groups (broad SMARTS) is 1. The van der Waals surface area contributed by atoms with Crippen molar-refractivity contribution in [1.82, 2.24) is 4.90 Å². The molecule has 0 heterocycles. The van der Waals surface area contributed by atoms with E-state index in [-0.39, 0.29) is 17.8 Å². The van der Waals surface area contributed by atoms with E-state index in [1.807, 2.05) is 30.3 Å². The van der Waals surface area contributed by atoms with Gasteiger partial charge in [-0.15, -0.1) is 0 Å². The third kappa shape index (κ3) is 6.85. The largest absolute Gasteiger partial charge is 0.480 e. The van der Waals surface area contributed by atoms with Crippen molar-refractivity contribution in [2.45, 2.75) is 57.5 Å². The third-order valence-electron chi connectivity index (χ3n) is 6.16. The molecule has 32 heavy (non-hydrogen) atoms.